The highest BCUT2D eigenvalue weighted by atomic mass is 32.2. The Labute approximate surface area is 206 Å². The van der Waals surface area contributed by atoms with E-state index in [1.807, 2.05) is 44.2 Å². The third-order valence-corrected chi connectivity index (χ3v) is 6.62. The van der Waals surface area contributed by atoms with Gasteiger partial charge in [0.1, 0.15) is 6.04 Å². The zero-order valence-corrected chi connectivity index (χ0v) is 21.3. The quantitative estimate of drug-likeness (QED) is 0.475. The van der Waals surface area contributed by atoms with E-state index in [1.54, 1.807) is 6.92 Å². The number of carbonyl (C=O) groups is 2. The topological polar surface area (TPSA) is 86.8 Å². The number of halogens is 2. The van der Waals surface area contributed by atoms with Crippen molar-refractivity contribution in [3.8, 4) is 0 Å². The highest BCUT2D eigenvalue weighted by Crippen LogP contribution is 2.21. The van der Waals surface area contributed by atoms with Crippen LogP contribution in [0.25, 0.3) is 0 Å². The molecule has 0 aliphatic rings. The average Bonchev–Trinajstić information content (AvgIpc) is 2.78. The van der Waals surface area contributed by atoms with Crippen LogP contribution in [-0.2, 0) is 26.0 Å². The van der Waals surface area contributed by atoms with Crippen molar-refractivity contribution in [2.45, 2.75) is 52.1 Å². The van der Waals surface area contributed by atoms with Crippen LogP contribution in [0.5, 0.6) is 0 Å². The molecular formula is C25H33F2N3O4S. The molecule has 0 fully saturated rings. The van der Waals surface area contributed by atoms with Crippen LogP contribution in [0.15, 0.2) is 48.5 Å². The molecule has 0 heterocycles. The molecule has 2 aromatic carbocycles. The first-order chi connectivity index (χ1) is 16.4. The fourth-order valence-corrected chi connectivity index (χ4v) is 4.58. The van der Waals surface area contributed by atoms with Gasteiger partial charge in [-0.1, -0.05) is 30.3 Å². The molecule has 1 atom stereocenters. The minimum atomic E-state index is -3.80. The Morgan fingerprint density at radius 3 is 2.20 bits per heavy atom. The van der Waals surface area contributed by atoms with Gasteiger partial charge >= 0.3 is 0 Å². The van der Waals surface area contributed by atoms with E-state index in [9.17, 15) is 26.8 Å². The fraction of sp³-hybridized carbons (Fsp3) is 0.440. The van der Waals surface area contributed by atoms with Crippen molar-refractivity contribution in [2.24, 2.45) is 0 Å². The van der Waals surface area contributed by atoms with Gasteiger partial charge in [-0.05, 0) is 51.3 Å². The molecule has 35 heavy (non-hydrogen) atoms. The van der Waals surface area contributed by atoms with Gasteiger partial charge < -0.3 is 10.2 Å². The number of carbonyl (C=O) groups excluding carboxylic acids is 2. The molecule has 0 aliphatic heterocycles. The van der Waals surface area contributed by atoms with Crippen molar-refractivity contribution < 1.29 is 26.8 Å². The van der Waals surface area contributed by atoms with Gasteiger partial charge in [-0.2, -0.15) is 0 Å². The normalized spacial score (nSPS) is 12.3. The van der Waals surface area contributed by atoms with E-state index in [-0.39, 0.29) is 42.9 Å². The average molecular weight is 510 g/mol. The molecule has 0 unspecified atom stereocenters. The Hall–Kier alpha value is -3.01. The lowest BCUT2D eigenvalue weighted by Crippen LogP contribution is -2.50. The summed E-state index contributed by atoms with van der Waals surface area (Å²) in [7, 11) is -3.80. The van der Waals surface area contributed by atoms with Gasteiger partial charge in [0.2, 0.25) is 21.8 Å². The number of amides is 2. The number of anilines is 1. The van der Waals surface area contributed by atoms with Gasteiger partial charge in [-0.25, -0.2) is 17.2 Å². The Morgan fingerprint density at radius 1 is 0.971 bits per heavy atom. The van der Waals surface area contributed by atoms with Crippen LogP contribution in [0.2, 0.25) is 0 Å². The molecule has 2 amide bonds. The number of hydrogen-bond acceptors (Lipinski definition) is 4. The first kappa shape index (κ1) is 28.2. The molecule has 0 aliphatic carbocycles. The number of benzene rings is 2. The molecule has 0 aromatic heterocycles. The molecule has 0 saturated carbocycles. The van der Waals surface area contributed by atoms with Crippen LogP contribution < -0.4 is 9.62 Å². The van der Waals surface area contributed by atoms with Gasteiger partial charge in [-0.3, -0.25) is 13.9 Å². The highest BCUT2D eigenvalue weighted by molar-refractivity contribution is 7.92. The van der Waals surface area contributed by atoms with Crippen LogP contribution in [-0.4, -0.2) is 56.6 Å². The lowest BCUT2D eigenvalue weighted by atomic mass is 10.1. The van der Waals surface area contributed by atoms with Gasteiger partial charge in [0.25, 0.3) is 0 Å². The van der Waals surface area contributed by atoms with E-state index in [1.165, 1.54) is 11.0 Å². The van der Waals surface area contributed by atoms with Crippen LogP contribution in [0.3, 0.4) is 0 Å². The zero-order valence-electron chi connectivity index (χ0n) is 20.5. The Balaban J connectivity index is 2.12. The number of sulfonamides is 1. The molecule has 7 nitrogen and oxygen atoms in total. The van der Waals surface area contributed by atoms with Crippen LogP contribution in [0.1, 0.15) is 39.2 Å². The van der Waals surface area contributed by atoms with Crippen LogP contribution >= 0.6 is 0 Å². The molecule has 0 radical (unpaired) electrons. The number of nitrogens with zero attached hydrogens (tertiary/aromatic N) is 2. The maximum absolute atomic E-state index is 13.7. The van der Waals surface area contributed by atoms with Crippen LogP contribution in [0, 0.1) is 11.6 Å². The standard InChI is InChI=1S/C25H33F2N3O4S/c1-18(2)28-25(32)19(3)29(16-14-20-9-6-5-7-10-20)24(31)11-8-15-30(35(4,33)34)21-12-13-22(26)23(27)17-21/h5-7,9-10,12-13,17-19H,8,11,14-16H2,1-4H3,(H,28,32)/t19-/m1/s1. The minimum Gasteiger partial charge on any atom is -0.352 e. The maximum atomic E-state index is 13.7. The second kappa shape index (κ2) is 12.6. The monoisotopic (exact) mass is 509 g/mol. The van der Waals surface area contributed by atoms with Crippen LogP contribution in [0.4, 0.5) is 14.5 Å². The van der Waals surface area contributed by atoms with E-state index in [0.29, 0.717) is 13.0 Å². The SMILES string of the molecule is CC(C)NC(=O)[C@@H](C)N(CCc1ccccc1)C(=O)CCCN(c1ccc(F)c(F)c1)S(C)(=O)=O. The Morgan fingerprint density at radius 2 is 1.63 bits per heavy atom. The summed E-state index contributed by atoms with van der Waals surface area (Å²) in [5.74, 6) is -2.82. The van der Waals surface area contributed by atoms with E-state index in [2.05, 4.69) is 5.32 Å². The van der Waals surface area contributed by atoms with Gasteiger partial charge in [0.05, 0.1) is 11.9 Å². The second-order valence-electron chi connectivity index (χ2n) is 8.70. The summed E-state index contributed by atoms with van der Waals surface area (Å²) in [5, 5.41) is 2.82. The number of nitrogens with one attached hydrogen (secondary N) is 1. The van der Waals surface area contributed by atoms with Gasteiger partial charge in [-0.15, -0.1) is 0 Å². The van der Waals surface area contributed by atoms with Crippen molar-refractivity contribution in [3.05, 3.63) is 65.7 Å². The number of hydrogen-bond donors (Lipinski definition) is 1. The first-order valence-electron chi connectivity index (χ1n) is 11.5. The smallest absolute Gasteiger partial charge is 0.242 e. The molecule has 0 spiro atoms. The van der Waals surface area contributed by atoms with Gasteiger partial charge in [0, 0.05) is 31.6 Å². The predicted molar refractivity (Wildman–Crippen MR) is 132 cm³/mol. The van der Waals surface area contributed by atoms with Crippen molar-refractivity contribution >= 4 is 27.5 Å². The summed E-state index contributed by atoms with van der Waals surface area (Å²) >= 11 is 0. The summed E-state index contributed by atoms with van der Waals surface area (Å²) < 4.78 is 52.4. The summed E-state index contributed by atoms with van der Waals surface area (Å²) in [6, 6.07) is 11.6. The Kier molecular flexibility index (Phi) is 10.2. The summed E-state index contributed by atoms with van der Waals surface area (Å²) in [4.78, 5) is 27.2. The molecular weight excluding hydrogens is 476 g/mol. The molecule has 0 bridgehead atoms. The molecule has 2 aromatic rings. The molecule has 192 valence electrons. The van der Waals surface area contributed by atoms with Gasteiger partial charge in [0.15, 0.2) is 11.6 Å². The van der Waals surface area contributed by atoms with Crippen molar-refractivity contribution in [1.29, 1.82) is 0 Å². The summed E-state index contributed by atoms with van der Waals surface area (Å²) in [6.07, 6.45) is 1.62. The summed E-state index contributed by atoms with van der Waals surface area (Å²) in [6.45, 7) is 5.53. The molecule has 0 saturated heterocycles. The van der Waals surface area contributed by atoms with E-state index < -0.39 is 27.7 Å². The fourth-order valence-electron chi connectivity index (χ4n) is 3.62. The Bertz CT molecular complexity index is 1110. The largest absolute Gasteiger partial charge is 0.352 e. The third kappa shape index (κ3) is 8.61. The zero-order chi connectivity index (χ0) is 26.2. The highest BCUT2D eigenvalue weighted by Gasteiger charge is 2.26. The van der Waals surface area contributed by atoms with E-state index in [4.69, 9.17) is 0 Å². The van der Waals surface area contributed by atoms with E-state index >= 15 is 0 Å². The second-order valence-corrected chi connectivity index (χ2v) is 10.6. The lowest BCUT2D eigenvalue weighted by molar-refractivity contribution is -0.140. The number of rotatable bonds is 12. The van der Waals surface area contributed by atoms with Crippen molar-refractivity contribution in [1.82, 2.24) is 10.2 Å². The third-order valence-electron chi connectivity index (χ3n) is 5.43. The molecule has 10 heteroatoms. The minimum absolute atomic E-state index is 0.0236. The molecule has 2 rings (SSSR count). The van der Waals surface area contributed by atoms with Crippen molar-refractivity contribution in [3.63, 3.8) is 0 Å². The molecule has 1 N–H and O–H groups in total. The predicted octanol–water partition coefficient (Wildman–Crippen LogP) is 3.50. The first-order valence-corrected chi connectivity index (χ1v) is 13.3. The summed E-state index contributed by atoms with van der Waals surface area (Å²) in [5.41, 5.74) is 0.993. The van der Waals surface area contributed by atoms with E-state index in [0.717, 1.165) is 28.3 Å². The van der Waals surface area contributed by atoms with Crippen molar-refractivity contribution in [2.75, 3.05) is 23.7 Å². The maximum Gasteiger partial charge on any atom is 0.242 e. The lowest BCUT2D eigenvalue weighted by Gasteiger charge is -2.30.